The number of benzene rings is 2. The molecule has 0 atom stereocenters. The van der Waals surface area contributed by atoms with E-state index < -0.39 is 0 Å². The summed E-state index contributed by atoms with van der Waals surface area (Å²) >= 11 is 7.37. The van der Waals surface area contributed by atoms with Crippen LogP contribution in [-0.4, -0.2) is 9.38 Å². The molecule has 0 aliphatic heterocycles. The summed E-state index contributed by atoms with van der Waals surface area (Å²) < 4.78 is 2.32. The summed E-state index contributed by atoms with van der Waals surface area (Å²) in [5.74, 6) is 0. The van der Waals surface area contributed by atoms with Gasteiger partial charge < -0.3 is 0 Å². The Hall–Kier alpha value is -2.17. The summed E-state index contributed by atoms with van der Waals surface area (Å²) in [4.78, 5) is 17.8. The number of thiazole rings is 1. The zero-order valence-electron chi connectivity index (χ0n) is 10.8. The van der Waals surface area contributed by atoms with Crippen molar-refractivity contribution >= 4 is 45.0 Å². The first-order valence-corrected chi connectivity index (χ1v) is 7.59. The molecular weight excluding hydrogens is 304 g/mol. The van der Waals surface area contributed by atoms with Gasteiger partial charge in [0.2, 0.25) is 0 Å². The van der Waals surface area contributed by atoms with Crippen molar-refractivity contribution in [1.29, 1.82) is 0 Å². The molecule has 0 amide bonds. The number of imidazole rings is 1. The fraction of sp³-hybridized carbons (Fsp3) is 0. The predicted molar refractivity (Wildman–Crippen MR) is 87.1 cm³/mol. The minimum atomic E-state index is -0.0383. The molecule has 0 aliphatic rings. The van der Waals surface area contributed by atoms with Gasteiger partial charge >= 0.3 is 0 Å². The van der Waals surface area contributed by atoms with Gasteiger partial charge in [0.25, 0.3) is 5.56 Å². The molecule has 2 aromatic carbocycles. The van der Waals surface area contributed by atoms with Crippen LogP contribution in [0.25, 0.3) is 22.1 Å². The molecule has 21 heavy (non-hydrogen) atoms. The number of halogens is 1. The molecule has 0 unspecified atom stereocenters. The Kier molecular flexibility index (Phi) is 2.80. The summed E-state index contributed by atoms with van der Waals surface area (Å²) in [5.41, 5.74) is 2.56. The van der Waals surface area contributed by atoms with Crippen molar-refractivity contribution in [2.24, 2.45) is 0 Å². The molecule has 0 aliphatic carbocycles. The first-order chi connectivity index (χ1) is 10.2. The lowest BCUT2D eigenvalue weighted by atomic mass is 10.2. The van der Waals surface area contributed by atoms with Gasteiger partial charge in [-0.1, -0.05) is 47.2 Å². The maximum Gasteiger partial charge on any atom is 0.274 e. The normalized spacial score (nSPS) is 12.5. The molecule has 4 rings (SSSR count). The maximum absolute atomic E-state index is 12.6. The van der Waals surface area contributed by atoms with Crippen LogP contribution < -0.4 is 10.1 Å². The van der Waals surface area contributed by atoms with Gasteiger partial charge in [-0.05, 0) is 35.9 Å². The van der Waals surface area contributed by atoms with Crippen molar-refractivity contribution < 1.29 is 0 Å². The summed E-state index contributed by atoms with van der Waals surface area (Å²) in [5, 5.41) is 0.656. The van der Waals surface area contributed by atoms with E-state index in [4.69, 9.17) is 11.6 Å². The fourth-order valence-electron chi connectivity index (χ4n) is 2.36. The van der Waals surface area contributed by atoms with Gasteiger partial charge in [0.15, 0.2) is 4.96 Å². The molecule has 4 aromatic rings. The quantitative estimate of drug-likeness (QED) is 0.541. The topological polar surface area (TPSA) is 34.4 Å². The minimum absolute atomic E-state index is 0.0383. The zero-order valence-corrected chi connectivity index (χ0v) is 12.4. The highest BCUT2D eigenvalue weighted by Gasteiger charge is 2.10. The third kappa shape index (κ3) is 2.04. The molecule has 3 nitrogen and oxygen atoms in total. The largest absolute Gasteiger partial charge is 0.274 e. The Labute approximate surface area is 128 Å². The first kappa shape index (κ1) is 12.6. The van der Waals surface area contributed by atoms with Crippen LogP contribution in [0.15, 0.2) is 53.3 Å². The Morgan fingerprint density at radius 3 is 2.86 bits per heavy atom. The molecule has 0 saturated heterocycles. The Bertz CT molecular complexity index is 1080. The van der Waals surface area contributed by atoms with E-state index in [1.807, 2.05) is 54.6 Å². The number of fused-ring (bicyclic) bond motifs is 3. The first-order valence-electron chi connectivity index (χ1n) is 6.40. The number of hydrogen-bond acceptors (Lipinski definition) is 3. The second-order valence-electron chi connectivity index (χ2n) is 4.69. The van der Waals surface area contributed by atoms with Crippen molar-refractivity contribution in [1.82, 2.24) is 9.38 Å². The van der Waals surface area contributed by atoms with E-state index in [0.29, 0.717) is 9.55 Å². The molecule has 0 N–H and O–H groups in total. The molecule has 5 heteroatoms. The van der Waals surface area contributed by atoms with Crippen molar-refractivity contribution in [2.45, 2.75) is 0 Å². The third-order valence-electron chi connectivity index (χ3n) is 3.29. The van der Waals surface area contributed by atoms with Crippen molar-refractivity contribution in [3.05, 3.63) is 74.0 Å². The second kappa shape index (κ2) is 4.69. The summed E-state index contributed by atoms with van der Waals surface area (Å²) in [6, 6.07) is 15.1. The highest BCUT2D eigenvalue weighted by molar-refractivity contribution is 7.15. The van der Waals surface area contributed by atoms with Crippen LogP contribution in [0.3, 0.4) is 0 Å². The van der Waals surface area contributed by atoms with Gasteiger partial charge in [-0.2, -0.15) is 0 Å². The SMILES string of the molecule is O=c1/c(=C/c2cccc(Cl)c2)sc2nc3ccccc3n12. The molecule has 2 aromatic heterocycles. The molecule has 0 radical (unpaired) electrons. The van der Waals surface area contributed by atoms with Crippen LogP contribution in [0.1, 0.15) is 5.56 Å². The van der Waals surface area contributed by atoms with E-state index in [1.54, 1.807) is 4.40 Å². The van der Waals surface area contributed by atoms with E-state index in [9.17, 15) is 4.79 Å². The number of aromatic nitrogens is 2. The maximum atomic E-state index is 12.6. The fourth-order valence-corrected chi connectivity index (χ4v) is 3.55. The van der Waals surface area contributed by atoms with Crippen molar-refractivity contribution in [3.8, 4) is 0 Å². The minimum Gasteiger partial charge on any atom is -0.267 e. The number of hydrogen-bond donors (Lipinski definition) is 0. The number of rotatable bonds is 1. The summed E-state index contributed by atoms with van der Waals surface area (Å²) in [7, 11) is 0. The Morgan fingerprint density at radius 2 is 2.00 bits per heavy atom. The average Bonchev–Trinajstić information content (AvgIpc) is 2.97. The third-order valence-corrected chi connectivity index (χ3v) is 4.50. The molecule has 0 saturated carbocycles. The van der Waals surface area contributed by atoms with E-state index in [1.165, 1.54) is 11.3 Å². The molecule has 0 spiro atoms. The number of nitrogens with zero attached hydrogens (tertiary/aromatic N) is 2. The van der Waals surface area contributed by atoms with Crippen LogP contribution in [-0.2, 0) is 0 Å². The Morgan fingerprint density at radius 1 is 1.14 bits per heavy atom. The van der Waals surface area contributed by atoms with Crippen LogP contribution in [0.5, 0.6) is 0 Å². The smallest absolute Gasteiger partial charge is 0.267 e. The monoisotopic (exact) mass is 312 g/mol. The highest BCUT2D eigenvalue weighted by Crippen LogP contribution is 2.16. The van der Waals surface area contributed by atoms with E-state index in [2.05, 4.69) is 4.98 Å². The molecule has 0 fully saturated rings. The molecule has 102 valence electrons. The molecule has 2 heterocycles. The molecular formula is C16H9ClN2OS. The van der Waals surface area contributed by atoms with Gasteiger partial charge in [-0.15, -0.1) is 0 Å². The van der Waals surface area contributed by atoms with E-state index in [0.717, 1.165) is 21.6 Å². The average molecular weight is 313 g/mol. The van der Waals surface area contributed by atoms with Crippen LogP contribution in [0.2, 0.25) is 5.02 Å². The van der Waals surface area contributed by atoms with E-state index in [-0.39, 0.29) is 5.56 Å². The molecule has 0 bridgehead atoms. The summed E-state index contributed by atoms with van der Waals surface area (Å²) in [6.45, 7) is 0. The number of para-hydroxylation sites is 2. The highest BCUT2D eigenvalue weighted by atomic mass is 35.5. The summed E-state index contributed by atoms with van der Waals surface area (Å²) in [6.07, 6.45) is 1.85. The van der Waals surface area contributed by atoms with Gasteiger partial charge in [0, 0.05) is 5.02 Å². The zero-order chi connectivity index (χ0) is 14.4. The van der Waals surface area contributed by atoms with Gasteiger partial charge in [0.1, 0.15) is 0 Å². The Balaban J connectivity index is 2.03. The van der Waals surface area contributed by atoms with Crippen LogP contribution >= 0.6 is 22.9 Å². The standard InChI is InChI=1S/C16H9ClN2OS/c17-11-5-3-4-10(8-11)9-14-15(20)19-13-7-2-1-6-12(13)18-16(19)21-14/h1-9H/b14-9-. The van der Waals surface area contributed by atoms with Crippen LogP contribution in [0, 0.1) is 0 Å². The second-order valence-corrected chi connectivity index (χ2v) is 6.13. The lowest BCUT2D eigenvalue weighted by Gasteiger charge is -1.92. The van der Waals surface area contributed by atoms with Gasteiger partial charge in [0.05, 0.1) is 15.6 Å². The van der Waals surface area contributed by atoms with Gasteiger partial charge in [-0.25, -0.2) is 9.38 Å². The van der Waals surface area contributed by atoms with Gasteiger partial charge in [-0.3, -0.25) is 4.79 Å². The van der Waals surface area contributed by atoms with Crippen LogP contribution in [0.4, 0.5) is 0 Å². The van der Waals surface area contributed by atoms with Crippen molar-refractivity contribution in [3.63, 3.8) is 0 Å². The predicted octanol–water partition coefficient (Wildman–Crippen LogP) is 3.11. The van der Waals surface area contributed by atoms with E-state index >= 15 is 0 Å². The van der Waals surface area contributed by atoms with Crippen molar-refractivity contribution in [2.75, 3.05) is 0 Å². The lowest BCUT2D eigenvalue weighted by molar-refractivity contribution is 1.19. The lowest BCUT2D eigenvalue weighted by Crippen LogP contribution is -2.22.